The van der Waals surface area contributed by atoms with Crippen molar-refractivity contribution < 1.29 is 27.9 Å². The van der Waals surface area contributed by atoms with Crippen LogP contribution in [0.5, 0.6) is 0 Å². The lowest BCUT2D eigenvalue weighted by Gasteiger charge is -2.14. The lowest BCUT2D eigenvalue weighted by atomic mass is 10.1. The second-order valence-corrected chi connectivity index (χ2v) is 6.57. The number of carboxylic acid groups (broad SMARTS) is 1. The highest BCUT2D eigenvalue weighted by Gasteiger charge is 2.24. The van der Waals surface area contributed by atoms with Crippen molar-refractivity contribution in [1.82, 2.24) is 4.72 Å². The number of methoxy groups -OCH3 is 1. The first-order chi connectivity index (χ1) is 10.3. The summed E-state index contributed by atoms with van der Waals surface area (Å²) in [5, 5.41) is 9.15. The van der Waals surface area contributed by atoms with Crippen LogP contribution in [0.3, 0.4) is 0 Å². The van der Waals surface area contributed by atoms with E-state index in [9.17, 15) is 18.0 Å². The summed E-state index contributed by atoms with van der Waals surface area (Å²) in [5.74, 6) is -2.09. The van der Waals surface area contributed by atoms with Crippen LogP contribution in [0.4, 0.5) is 0 Å². The molecule has 0 aromatic heterocycles. The Hall–Kier alpha value is -1.93. The Morgan fingerprint density at radius 2 is 1.91 bits per heavy atom. The molecule has 1 rings (SSSR count). The topological polar surface area (TPSA) is 110 Å². The van der Waals surface area contributed by atoms with E-state index in [1.165, 1.54) is 7.11 Å². The van der Waals surface area contributed by atoms with E-state index in [1.807, 2.05) is 0 Å². The largest absolute Gasteiger partial charge is 0.480 e. The van der Waals surface area contributed by atoms with Gasteiger partial charge in [-0.1, -0.05) is 30.3 Å². The molecule has 0 aliphatic carbocycles. The van der Waals surface area contributed by atoms with Crippen LogP contribution in [0.15, 0.2) is 30.3 Å². The molecule has 122 valence electrons. The first-order valence-corrected chi connectivity index (χ1v) is 8.33. The number of esters is 1. The Labute approximate surface area is 129 Å². The molecule has 0 radical (unpaired) electrons. The van der Waals surface area contributed by atoms with E-state index in [1.54, 1.807) is 30.3 Å². The van der Waals surface area contributed by atoms with Gasteiger partial charge in [-0.2, -0.15) is 0 Å². The molecular weight excluding hydrogens is 310 g/mol. The summed E-state index contributed by atoms with van der Waals surface area (Å²) in [7, 11) is -2.57. The van der Waals surface area contributed by atoms with Gasteiger partial charge in [0.25, 0.3) is 0 Å². The van der Waals surface area contributed by atoms with E-state index in [0.29, 0.717) is 5.56 Å². The second kappa shape index (κ2) is 8.50. The summed E-state index contributed by atoms with van der Waals surface area (Å²) in [6, 6.07) is 7.49. The highest BCUT2D eigenvalue weighted by Crippen LogP contribution is 2.06. The highest BCUT2D eigenvalue weighted by atomic mass is 32.2. The fourth-order valence-electron chi connectivity index (χ4n) is 1.81. The number of carbonyl (C=O) groups is 2. The molecule has 0 unspecified atom stereocenters. The van der Waals surface area contributed by atoms with Crippen LogP contribution >= 0.6 is 0 Å². The Morgan fingerprint density at radius 1 is 1.27 bits per heavy atom. The normalized spacial score (nSPS) is 12.6. The SMILES string of the molecule is COC(=O)CCCS(=O)(=O)N[C@@H](Cc1ccccc1)C(=O)O. The number of hydrogen-bond donors (Lipinski definition) is 2. The zero-order valence-electron chi connectivity index (χ0n) is 12.2. The number of aliphatic carboxylic acids is 1. The van der Waals surface area contributed by atoms with Crippen LogP contribution in [0.2, 0.25) is 0 Å². The summed E-state index contributed by atoms with van der Waals surface area (Å²) in [5.41, 5.74) is 0.715. The van der Waals surface area contributed by atoms with Crippen molar-refractivity contribution >= 4 is 22.0 Å². The Morgan fingerprint density at radius 3 is 2.45 bits per heavy atom. The van der Waals surface area contributed by atoms with Crippen molar-refractivity contribution in [2.75, 3.05) is 12.9 Å². The molecule has 0 heterocycles. The van der Waals surface area contributed by atoms with Gasteiger partial charge in [-0.3, -0.25) is 9.59 Å². The first kappa shape index (κ1) is 18.1. The number of nitrogens with one attached hydrogen (secondary N) is 1. The average molecular weight is 329 g/mol. The van der Waals surface area contributed by atoms with Gasteiger partial charge in [-0.25, -0.2) is 13.1 Å². The minimum Gasteiger partial charge on any atom is -0.480 e. The molecule has 7 nitrogen and oxygen atoms in total. The molecule has 8 heteroatoms. The molecule has 0 aliphatic heterocycles. The molecule has 1 aromatic carbocycles. The summed E-state index contributed by atoms with van der Waals surface area (Å²) in [4.78, 5) is 22.1. The molecular formula is C14H19NO6S. The molecule has 2 N–H and O–H groups in total. The van der Waals surface area contributed by atoms with E-state index in [0.717, 1.165) is 0 Å². The van der Waals surface area contributed by atoms with E-state index in [-0.39, 0.29) is 25.0 Å². The van der Waals surface area contributed by atoms with E-state index >= 15 is 0 Å². The Balaban J connectivity index is 2.61. The summed E-state index contributed by atoms with van der Waals surface area (Å²) in [6.07, 6.45) is 0.0833. The number of benzene rings is 1. The molecule has 1 atom stereocenters. The standard InChI is InChI=1S/C14H19NO6S/c1-21-13(16)8-5-9-22(19,20)15-12(14(17)18)10-11-6-3-2-4-7-11/h2-4,6-7,12,15H,5,8-10H2,1H3,(H,17,18)/t12-/m0/s1. The molecule has 0 amide bonds. The van der Waals surface area contributed by atoms with Crippen molar-refractivity contribution in [3.8, 4) is 0 Å². The van der Waals surface area contributed by atoms with Gasteiger partial charge in [0, 0.05) is 6.42 Å². The zero-order chi connectivity index (χ0) is 16.6. The maximum absolute atomic E-state index is 11.9. The number of ether oxygens (including phenoxy) is 1. The van der Waals surface area contributed by atoms with Crippen LogP contribution in [-0.4, -0.2) is 44.4 Å². The van der Waals surface area contributed by atoms with Gasteiger partial charge in [0.15, 0.2) is 0 Å². The van der Waals surface area contributed by atoms with Gasteiger partial charge < -0.3 is 9.84 Å². The first-order valence-electron chi connectivity index (χ1n) is 6.67. The maximum Gasteiger partial charge on any atom is 0.322 e. The fraction of sp³-hybridized carbons (Fsp3) is 0.429. The van der Waals surface area contributed by atoms with Crippen molar-refractivity contribution in [3.05, 3.63) is 35.9 Å². The number of sulfonamides is 1. The van der Waals surface area contributed by atoms with E-state index in [2.05, 4.69) is 9.46 Å². The Bertz CT molecular complexity index is 599. The molecule has 0 saturated heterocycles. The smallest absolute Gasteiger partial charge is 0.322 e. The van der Waals surface area contributed by atoms with Crippen LogP contribution < -0.4 is 4.72 Å². The van der Waals surface area contributed by atoms with Gasteiger partial charge in [0.1, 0.15) is 6.04 Å². The predicted octanol–water partition coefficient (Wildman–Crippen LogP) is 0.555. The van der Waals surface area contributed by atoms with Gasteiger partial charge in [0.05, 0.1) is 12.9 Å². The molecule has 22 heavy (non-hydrogen) atoms. The minimum absolute atomic E-state index is 0.0339. The van der Waals surface area contributed by atoms with Crippen molar-refractivity contribution in [3.63, 3.8) is 0 Å². The summed E-state index contributed by atoms with van der Waals surface area (Å²) < 4.78 is 30.3. The maximum atomic E-state index is 11.9. The Kier molecular flexibility index (Phi) is 7.00. The fourth-order valence-corrected chi connectivity index (χ4v) is 3.07. The number of carbonyl (C=O) groups excluding carboxylic acids is 1. The van der Waals surface area contributed by atoms with Gasteiger partial charge >= 0.3 is 11.9 Å². The quantitative estimate of drug-likeness (QED) is 0.640. The van der Waals surface area contributed by atoms with Gasteiger partial charge in [0.2, 0.25) is 10.0 Å². The lowest BCUT2D eigenvalue weighted by Crippen LogP contribution is -2.43. The van der Waals surface area contributed by atoms with Crippen LogP contribution in [-0.2, 0) is 30.8 Å². The average Bonchev–Trinajstić information content (AvgIpc) is 2.47. The van der Waals surface area contributed by atoms with Crippen LogP contribution in [0.1, 0.15) is 18.4 Å². The predicted molar refractivity (Wildman–Crippen MR) is 79.7 cm³/mol. The molecule has 0 fully saturated rings. The molecule has 0 saturated carbocycles. The summed E-state index contributed by atoms with van der Waals surface area (Å²) in [6.45, 7) is 0. The third-order valence-corrected chi connectivity index (χ3v) is 4.39. The van der Waals surface area contributed by atoms with Gasteiger partial charge in [-0.05, 0) is 18.4 Å². The summed E-state index contributed by atoms with van der Waals surface area (Å²) >= 11 is 0. The van der Waals surface area contributed by atoms with E-state index < -0.39 is 28.0 Å². The highest BCUT2D eigenvalue weighted by molar-refractivity contribution is 7.89. The second-order valence-electron chi connectivity index (χ2n) is 4.70. The lowest BCUT2D eigenvalue weighted by molar-refractivity contribution is -0.141. The number of rotatable bonds is 9. The van der Waals surface area contributed by atoms with Crippen molar-refractivity contribution in [2.45, 2.75) is 25.3 Å². The van der Waals surface area contributed by atoms with E-state index in [4.69, 9.17) is 5.11 Å². The van der Waals surface area contributed by atoms with Crippen LogP contribution in [0.25, 0.3) is 0 Å². The minimum atomic E-state index is -3.79. The number of hydrogen-bond acceptors (Lipinski definition) is 5. The van der Waals surface area contributed by atoms with Crippen LogP contribution in [0, 0.1) is 0 Å². The molecule has 0 bridgehead atoms. The van der Waals surface area contributed by atoms with Crippen molar-refractivity contribution in [1.29, 1.82) is 0 Å². The third-order valence-electron chi connectivity index (χ3n) is 2.92. The zero-order valence-corrected chi connectivity index (χ0v) is 13.0. The number of carboxylic acids is 1. The molecule has 0 spiro atoms. The monoisotopic (exact) mass is 329 g/mol. The molecule has 0 aliphatic rings. The third kappa shape index (κ3) is 6.68. The van der Waals surface area contributed by atoms with Gasteiger partial charge in [-0.15, -0.1) is 0 Å². The molecule has 1 aromatic rings. The van der Waals surface area contributed by atoms with Crippen molar-refractivity contribution in [2.24, 2.45) is 0 Å².